The predicted molar refractivity (Wildman–Crippen MR) is 158 cm³/mol. The summed E-state index contributed by atoms with van der Waals surface area (Å²) in [5, 5.41) is 21.8. The second-order valence-electron chi connectivity index (χ2n) is 13.9. The highest BCUT2D eigenvalue weighted by Gasteiger charge is 2.57. The second-order valence-corrected chi connectivity index (χ2v) is 15.8. The topological polar surface area (TPSA) is 106 Å². The molecule has 3 aliphatic heterocycles. The minimum atomic E-state index is -1.99. The normalized spacial score (nSPS) is 26.9. The lowest BCUT2D eigenvalue weighted by Gasteiger charge is -2.40. The average Bonchev–Trinajstić information content (AvgIpc) is 3.50. The molecule has 41 heavy (non-hydrogen) atoms. The molecule has 0 saturated carbocycles. The maximum atomic E-state index is 14.0. The van der Waals surface area contributed by atoms with E-state index in [2.05, 4.69) is 23.1 Å². The number of hydrogen-bond acceptors (Lipinski definition) is 9. The molecule has 1 aliphatic carbocycles. The molecular formula is C32H45NO7S. The first-order chi connectivity index (χ1) is 19.1. The number of thioether (sulfide) groups is 1. The van der Waals surface area contributed by atoms with Gasteiger partial charge < -0.3 is 24.4 Å². The first-order valence-electron chi connectivity index (χ1n) is 14.8. The molecule has 4 aliphatic rings. The Bertz CT molecular complexity index is 1230. The van der Waals surface area contributed by atoms with Crippen molar-refractivity contribution >= 4 is 22.8 Å². The molecular weight excluding hydrogens is 542 g/mol. The molecule has 1 spiro atoms. The van der Waals surface area contributed by atoms with Crippen LogP contribution in [0, 0.1) is 0 Å². The van der Waals surface area contributed by atoms with E-state index in [1.165, 1.54) is 0 Å². The predicted octanol–water partition coefficient (Wildman–Crippen LogP) is 4.88. The van der Waals surface area contributed by atoms with Crippen molar-refractivity contribution in [2.24, 2.45) is 0 Å². The summed E-state index contributed by atoms with van der Waals surface area (Å²) in [5.41, 5.74) is -0.0214. The van der Waals surface area contributed by atoms with E-state index >= 15 is 0 Å². The molecule has 4 atom stereocenters. The third-order valence-electron chi connectivity index (χ3n) is 8.83. The first-order valence-corrected chi connectivity index (χ1v) is 15.7. The molecule has 1 fully saturated rings. The summed E-state index contributed by atoms with van der Waals surface area (Å²) < 4.78 is 17.4. The summed E-state index contributed by atoms with van der Waals surface area (Å²) in [6.07, 6.45) is 4.99. The number of fused-ring (bicyclic) bond motifs is 3. The van der Waals surface area contributed by atoms with Crippen LogP contribution < -0.4 is 9.47 Å². The molecule has 0 radical (unpaired) electrons. The van der Waals surface area contributed by atoms with Gasteiger partial charge in [-0.3, -0.25) is 9.69 Å². The van der Waals surface area contributed by atoms with E-state index in [9.17, 15) is 19.8 Å². The van der Waals surface area contributed by atoms with E-state index in [0.717, 1.165) is 66.6 Å². The largest absolute Gasteiger partial charge is 0.455 e. The smallest absolute Gasteiger partial charge is 0.339 e. The van der Waals surface area contributed by atoms with Crippen molar-refractivity contribution in [3.63, 3.8) is 0 Å². The van der Waals surface area contributed by atoms with Gasteiger partial charge in [-0.15, -0.1) is 0 Å². The Morgan fingerprint density at radius 2 is 1.80 bits per heavy atom. The van der Waals surface area contributed by atoms with Crippen molar-refractivity contribution in [2.75, 3.05) is 19.9 Å². The average molecular weight is 588 g/mol. The zero-order chi connectivity index (χ0) is 29.8. The Morgan fingerprint density at radius 3 is 2.49 bits per heavy atom. The lowest BCUT2D eigenvalue weighted by Crippen LogP contribution is -2.49. The fourth-order valence-electron chi connectivity index (χ4n) is 7.12. The molecule has 8 nitrogen and oxygen atoms in total. The second kappa shape index (κ2) is 10.9. The molecule has 1 aromatic rings. The maximum absolute atomic E-state index is 14.0. The standard InChI is InChI=1S/C32H45NO7S/c1-20-17-31-11-8-13-33(31)14-9-21-15-23-24(39-19-38-23)16-22(21)26(31)27(20)40-28(35)32(37,12-7-10-30(5,6)36)18-25(34)41-29(2,3)4/h15-17,26-27,36-37H,7-14,18-19H2,1-6H3/t26-,27?,31+,32?/m1/s1. The van der Waals surface area contributed by atoms with Crippen LogP contribution in [0.15, 0.2) is 23.8 Å². The van der Waals surface area contributed by atoms with Gasteiger partial charge in [0.1, 0.15) is 6.10 Å². The number of rotatable bonds is 8. The van der Waals surface area contributed by atoms with E-state index in [1.807, 2.05) is 27.7 Å². The summed E-state index contributed by atoms with van der Waals surface area (Å²) in [5.74, 6) is 0.503. The van der Waals surface area contributed by atoms with Crippen molar-refractivity contribution in [2.45, 2.75) is 120 Å². The number of esters is 1. The molecule has 3 heterocycles. The van der Waals surface area contributed by atoms with Gasteiger partial charge in [0.25, 0.3) is 0 Å². The Hall–Kier alpha value is -2.07. The fraction of sp³-hybridized carbons (Fsp3) is 0.688. The monoisotopic (exact) mass is 587 g/mol. The maximum Gasteiger partial charge on any atom is 0.339 e. The summed E-state index contributed by atoms with van der Waals surface area (Å²) in [6, 6.07) is 4.12. The van der Waals surface area contributed by atoms with E-state index in [-0.39, 0.29) is 41.0 Å². The van der Waals surface area contributed by atoms with E-state index in [1.54, 1.807) is 13.8 Å². The van der Waals surface area contributed by atoms with Gasteiger partial charge in [0.2, 0.25) is 6.79 Å². The minimum absolute atomic E-state index is 0.0267. The summed E-state index contributed by atoms with van der Waals surface area (Å²) in [4.78, 5) is 29.5. The number of hydrogen-bond donors (Lipinski definition) is 2. The highest BCUT2D eigenvalue weighted by molar-refractivity contribution is 8.14. The van der Waals surface area contributed by atoms with Gasteiger partial charge in [-0.1, -0.05) is 38.6 Å². The van der Waals surface area contributed by atoms with Crippen LogP contribution in [0.2, 0.25) is 0 Å². The van der Waals surface area contributed by atoms with Crippen LogP contribution >= 0.6 is 11.8 Å². The number of ether oxygens (including phenoxy) is 3. The molecule has 5 rings (SSSR count). The number of carbonyl (C=O) groups excluding carboxylic acids is 2. The van der Waals surface area contributed by atoms with Crippen molar-refractivity contribution < 1.29 is 34.0 Å². The number of carbonyl (C=O) groups is 2. The van der Waals surface area contributed by atoms with Crippen LogP contribution in [0.3, 0.4) is 0 Å². The molecule has 0 amide bonds. The fourth-order valence-corrected chi connectivity index (χ4v) is 8.11. The molecule has 9 heteroatoms. The number of nitrogens with zero attached hydrogens (tertiary/aromatic N) is 1. The zero-order valence-corrected chi connectivity index (χ0v) is 26.1. The SMILES string of the molecule is CC1=C[C@]23CCCN2CCc2cc4c(cc2[C@@H]3C1OC(=O)C(O)(CCCC(C)(C)O)CC(=O)SC(C)(C)C)OCO4. The van der Waals surface area contributed by atoms with Gasteiger partial charge in [0, 0.05) is 17.2 Å². The molecule has 2 unspecified atom stereocenters. The van der Waals surface area contributed by atoms with Crippen LogP contribution in [0.4, 0.5) is 0 Å². The summed E-state index contributed by atoms with van der Waals surface area (Å²) in [6.45, 7) is 13.2. The van der Waals surface area contributed by atoms with Gasteiger partial charge in [-0.2, -0.15) is 0 Å². The lowest BCUT2D eigenvalue weighted by molar-refractivity contribution is -0.173. The van der Waals surface area contributed by atoms with E-state index in [0.29, 0.717) is 18.6 Å². The third kappa shape index (κ3) is 6.19. The number of benzene rings is 1. The van der Waals surface area contributed by atoms with Crippen molar-refractivity contribution in [1.29, 1.82) is 0 Å². The van der Waals surface area contributed by atoms with Crippen LogP contribution in [0.25, 0.3) is 0 Å². The highest BCUT2D eigenvalue weighted by atomic mass is 32.2. The van der Waals surface area contributed by atoms with Crippen molar-refractivity contribution in [3.05, 3.63) is 34.9 Å². The van der Waals surface area contributed by atoms with Crippen molar-refractivity contribution in [1.82, 2.24) is 4.90 Å². The van der Waals surface area contributed by atoms with Gasteiger partial charge in [0.05, 0.1) is 17.6 Å². The zero-order valence-electron chi connectivity index (χ0n) is 25.2. The van der Waals surface area contributed by atoms with Crippen LogP contribution in [-0.4, -0.2) is 73.7 Å². The summed E-state index contributed by atoms with van der Waals surface area (Å²) in [7, 11) is 0. The molecule has 0 aromatic heterocycles. The van der Waals surface area contributed by atoms with Gasteiger partial charge in [-0.05, 0) is 94.7 Å². The molecule has 1 aromatic carbocycles. The first kappa shape index (κ1) is 30.4. The van der Waals surface area contributed by atoms with E-state index in [4.69, 9.17) is 14.2 Å². The Morgan fingerprint density at radius 1 is 1.10 bits per heavy atom. The summed E-state index contributed by atoms with van der Waals surface area (Å²) >= 11 is 1.12. The van der Waals surface area contributed by atoms with Crippen LogP contribution in [0.1, 0.15) is 97.1 Å². The van der Waals surface area contributed by atoms with Crippen molar-refractivity contribution in [3.8, 4) is 11.5 Å². The van der Waals surface area contributed by atoms with E-state index < -0.39 is 23.3 Å². The highest BCUT2D eigenvalue weighted by Crippen LogP contribution is 2.55. The minimum Gasteiger partial charge on any atom is -0.455 e. The molecule has 226 valence electrons. The quantitative estimate of drug-likeness (QED) is 0.325. The lowest BCUT2D eigenvalue weighted by atomic mass is 9.77. The Kier molecular flexibility index (Phi) is 8.07. The molecule has 2 N–H and O–H groups in total. The van der Waals surface area contributed by atoms with Gasteiger partial charge in [0.15, 0.2) is 22.2 Å². The van der Waals surface area contributed by atoms with Crippen LogP contribution in [0.5, 0.6) is 11.5 Å². The number of aliphatic hydroxyl groups is 2. The van der Waals surface area contributed by atoms with Gasteiger partial charge >= 0.3 is 5.97 Å². The molecule has 1 saturated heterocycles. The van der Waals surface area contributed by atoms with Crippen LogP contribution in [-0.2, 0) is 20.7 Å². The van der Waals surface area contributed by atoms with Gasteiger partial charge in [-0.25, -0.2) is 4.79 Å². The Balaban J connectivity index is 1.46. The molecule has 0 bridgehead atoms. The Labute approximate surface area is 247 Å². The third-order valence-corrected chi connectivity index (χ3v) is 9.82.